The van der Waals surface area contributed by atoms with Crippen LogP contribution in [0.4, 0.5) is 0 Å². The molecule has 0 saturated carbocycles. The Labute approximate surface area is 204 Å². The number of ether oxygens (including phenoxy) is 1. The molecule has 1 unspecified atom stereocenters. The summed E-state index contributed by atoms with van der Waals surface area (Å²) in [6, 6.07) is 16.7. The number of aryl methyl sites for hydroxylation is 1. The predicted octanol–water partition coefficient (Wildman–Crippen LogP) is 7.12. The number of aliphatic hydroxyl groups excluding tert-OH is 1. The van der Waals surface area contributed by atoms with Crippen molar-refractivity contribution in [3.63, 3.8) is 0 Å². The minimum absolute atomic E-state index is 0.0977. The molecule has 5 nitrogen and oxygen atoms in total. The molecule has 5 rings (SSSR count). The molecule has 1 atom stereocenters. The quantitative estimate of drug-likeness (QED) is 0.297. The zero-order valence-corrected chi connectivity index (χ0v) is 19.4. The number of fused-ring (bicyclic) bond motifs is 2. The summed E-state index contributed by atoms with van der Waals surface area (Å²) in [6.45, 7) is 5.88. The Morgan fingerprint density at radius 2 is 1.74 bits per heavy atom. The lowest BCUT2D eigenvalue weighted by molar-refractivity contribution is 0.399. The van der Waals surface area contributed by atoms with Gasteiger partial charge < -0.3 is 19.4 Å². The van der Waals surface area contributed by atoms with Crippen molar-refractivity contribution in [2.45, 2.75) is 12.8 Å². The van der Waals surface area contributed by atoms with E-state index in [2.05, 4.69) is 6.58 Å². The molecule has 2 heterocycles. The van der Waals surface area contributed by atoms with Crippen molar-refractivity contribution >= 4 is 39.9 Å². The second-order valence-electron chi connectivity index (χ2n) is 8.07. The summed E-state index contributed by atoms with van der Waals surface area (Å²) in [5, 5.41) is 23.7. The smallest absolute Gasteiger partial charge is 0.344 e. The van der Waals surface area contributed by atoms with Gasteiger partial charge in [0, 0.05) is 15.6 Å². The molecule has 1 aliphatic rings. The van der Waals surface area contributed by atoms with Crippen LogP contribution in [0.25, 0.3) is 16.7 Å². The van der Waals surface area contributed by atoms with E-state index in [9.17, 15) is 15.0 Å². The zero-order valence-electron chi connectivity index (χ0n) is 17.9. The van der Waals surface area contributed by atoms with Crippen molar-refractivity contribution in [2.24, 2.45) is 0 Å². The van der Waals surface area contributed by atoms with Gasteiger partial charge in [0.05, 0.1) is 22.4 Å². The van der Waals surface area contributed by atoms with E-state index in [0.29, 0.717) is 26.9 Å². The molecule has 3 aromatic carbocycles. The van der Waals surface area contributed by atoms with Crippen molar-refractivity contribution in [2.75, 3.05) is 0 Å². The van der Waals surface area contributed by atoms with Crippen molar-refractivity contribution in [3.8, 4) is 11.5 Å². The highest BCUT2D eigenvalue weighted by Crippen LogP contribution is 2.47. The van der Waals surface area contributed by atoms with Gasteiger partial charge in [-0.2, -0.15) is 0 Å². The van der Waals surface area contributed by atoms with E-state index >= 15 is 0 Å². The molecule has 0 radical (unpaired) electrons. The molecule has 34 heavy (non-hydrogen) atoms. The second kappa shape index (κ2) is 8.28. The predicted molar refractivity (Wildman–Crippen MR) is 133 cm³/mol. The third-order valence-corrected chi connectivity index (χ3v) is 6.28. The maximum Gasteiger partial charge on any atom is 0.344 e. The number of hydrogen-bond donors (Lipinski definition) is 2. The number of hydrogen-bond acceptors (Lipinski definition) is 5. The molecule has 170 valence electrons. The van der Waals surface area contributed by atoms with E-state index in [1.165, 1.54) is 12.1 Å². The van der Waals surface area contributed by atoms with Gasteiger partial charge in [0.25, 0.3) is 0 Å². The first-order valence-corrected chi connectivity index (χ1v) is 11.1. The van der Waals surface area contributed by atoms with Crippen LogP contribution in [-0.2, 0) is 0 Å². The topological polar surface area (TPSA) is 79.9 Å². The van der Waals surface area contributed by atoms with E-state index in [4.69, 9.17) is 32.4 Å². The standard InChI is InChI=1S/C27H18Cl2O5/c1-13-6-8-20-18(10-13)25(30)22(14(2)33-20)23(15-4-3-5-16(28)11-15)24-26(31)19-12-17(29)7-9-21(19)34-27(24)32/h3-12,23,30-31H,2H2,1H3. The molecule has 2 N–H and O–H groups in total. The minimum Gasteiger partial charge on any atom is -0.507 e. The van der Waals surface area contributed by atoms with Gasteiger partial charge in [0.1, 0.15) is 28.6 Å². The zero-order chi connectivity index (χ0) is 24.1. The number of rotatable bonds is 3. The van der Waals surface area contributed by atoms with E-state index in [-0.39, 0.29) is 39.4 Å². The summed E-state index contributed by atoms with van der Waals surface area (Å²) in [4.78, 5) is 13.2. The van der Waals surface area contributed by atoms with Crippen LogP contribution >= 0.6 is 23.2 Å². The highest BCUT2D eigenvalue weighted by molar-refractivity contribution is 6.31. The fourth-order valence-corrected chi connectivity index (χ4v) is 4.64. The van der Waals surface area contributed by atoms with Gasteiger partial charge in [-0.15, -0.1) is 0 Å². The summed E-state index contributed by atoms with van der Waals surface area (Å²) < 4.78 is 11.5. The SMILES string of the molecule is C=C1Oc2ccc(C)cc2C(O)=C1C(c1cccc(Cl)c1)c1c(O)c2cc(Cl)ccc2oc1=O. The molecule has 0 aliphatic carbocycles. The molecule has 0 spiro atoms. The largest absolute Gasteiger partial charge is 0.507 e. The van der Waals surface area contributed by atoms with Gasteiger partial charge in [0.2, 0.25) is 0 Å². The Hall–Kier alpha value is -3.67. The Morgan fingerprint density at radius 3 is 2.50 bits per heavy atom. The van der Waals surface area contributed by atoms with E-state index in [1.807, 2.05) is 13.0 Å². The average molecular weight is 493 g/mol. The number of halogens is 2. The van der Waals surface area contributed by atoms with Gasteiger partial charge in [0.15, 0.2) is 0 Å². The van der Waals surface area contributed by atoms with Crippen LogP contribution in [0.3, 0.4) is 0 Å². The van der Waals surface area contributed by atoms with Crippen LogP contribution in [0.15, 0.2) is 87.8 Å². The fourth-order valence-electron chi connectivity index (χ4n) is 4.27. The summed E-state index contributed by atoms with van der Waals surface area (Å²) in [5.74, 6) is -0.877. The van der Waals surface area contributed by atoms with Crippen LogP contribution in [0, 0.1) is 6.92 Å². The summed E-state index contributed by atoms with van der Waals surface area (Å²) in [7, 11) is 0. The Bertz CT molecular complexity index is 1580. The van der Waals surface area contributed by atoms with Crippen LogP contribution in [0.2, 0.25) is 10.0 Å². The highest BCUT2D eigenvalue weighted by Gasteiger charge is 2.35. The van der Waals surface area contributed by atoms with Gasteiger partial charge in [-0.1, -0.05) is 53.5 Å². The van der Waals surface area contributed by atoms with E-state index < -0.39 is 11.5 Å². The van der Waals surface area contributed by atoms with Crippen LogP contribution in [0.5, 0.6) is 11.5 Å². The van der Waals surface area contributed by atoms with Gasteiger partial charge in [-0.05, 0) is 55.0 Å². The lowest BCUT2D eigenvalue weighted by Crippen LogP contribution is -2.21. The molecular weight excluding hydrogens is 475 g/mol. The minimum atomic E-state index is -1.00. The molecule has 0 amide bonds. The van der Waals surface area contributed by atoms with Gasteiger partial charge in [-0.25, -0.2) is 4.79 Å². The molecule has 0 bridgehead atoms. The Balaban J connectivity index is 1.87. The van der Waals surface area contributed by atoms with Gasteiger partial charge >= 0.3 is 5.63 Å². The normalized spacial score (nSPS) is 14.1. The average Bonchev–Trinajstić information content (AvgIpc) is 2.79. The van der Waals surface area contributed by atoms with Crippen molar-refractivity contribution < 1.29 is 19.4 Å². The molecule has 0 fully saturated rings. The highest BCUT2D eigenvalue weighted by atomic mass is 35.5. The number of allylic oxidation sites excluding steroid dienone is 1. The molecule has 1 aromatic heterocycles. The first-order chi connectivity index (χ1) is 16.2. The van der Waals surface area contributed by atoms with E-state index in [0.717, 1.165) is 5.56 Å². The monoisotopic (exact) mass is 492 g/mol. The third kappa shape index (κ3) is 3.63. The summed E-state index contributed by atoms with van der Waals surface area (Å²) in [6.07, 6.45) is 0. The van der Waals surface area contributed by atoms with Gasteiger partial charge in [-0.3, -0.25) is 0 Å². The summed E-state index contributed by atoms with van der Waals surface area (Å²) >= 11 is 12.4. The molecule has 0 saturated heterocycles. The second-order valence-corrected chi connectivity index (χ2v) is 8.94. The first-order valence-electron chi connectivity index (χ1n) is 10.4. The van der Waals surface area contributed by atoms with Crippen LogP contribution in [0.1, 0.15) is 28.2 Å². The van der Waals surface area contributed by atoms with Crippen LogP contribution < -0.4 is 10.4 Å². The number of aliphatic hydroxyl groups is 1. The third-order valence-electron chi connectivity index (χ3n) is 5.81. The molecule has 4 aromatic rings. The van der Waals surface area contributed by atoms with Crippen molar-refractivity contribution in [1.29, 1.82) is 0 Å². The Kier molecular flexibility index (Phi) is 5.39. The molecular formula is C27H18Cl2O5. The lowest BCUT2D eigenvalue weighted by atomic mass is 9.81. The number of aromatic hydroxyl groups is 1. The fraction of sp³-hybridized carbons (Fsp3) is 0.0741. The number of benzene rings is 3. The van der Waals surface area contributed by atoms with Crippen molar-refractivity contribution in [3.05, 3.63) is 121 Å². The molecule has 1 aliphatic heterocycles. The lowest BCUT2D eigenvalue weighted by Gasteiger charge is -2.28. The van der Waals surface area contributed by atoms with Crippen LogP contribution in [-0.4, -0.2) is 10.2 Å². The maximum absolute atomic E-state index is 13.2. The first kappa shape index (κ1) is 22.1. The van der Waals surface area contributed by atoms with E-state index in [1.54, 1.807) is 42.5 Å². The summed E-state index contributed by atoms with van der Waals surface area (Å²) in [5.41, 5.74) is 1.39. The van der Waals surface area contributed by atoms with Crippen molar-refractivity contribution in [1.82, 2.24) is 0 Å². The molecule has 7 heteroatoms. The Morgan fingerprint density at radius 1 is 0.971 bits per heavy atom. The maximum atomic E-state index is 13.2.